The highest BCUT2D eigenvalue weighted by Gasteiger charge is 2.22. The minimum absolute atomic E-state index is 0.168. The Kier molecular flexibility index (Phi) is 7.44. The van der Waals surface area contributed by atoms with E-state index in [2.05, 4.69) is 0 Å². The van der Waals surface area contributed by atoms with Gasteiger partial charge >= 0.3 is 13.3 Å². The number of benzene rings is 1. The lowest BCUT2D eigenvalue weighted by molar-refractivity contribution is -0.387. The summed E-state index contributed by atoms with van der Waals surface area (Å²) in [5.74, 6) is -0.789. The van der Waals surface area contributed by atoms with E-state index in [-0.39, 0.29) is 31.7 Å². The van der Waals surface area contributed by atoms with E-state index in [1.54, 1.807) is 13.8 Å². The Hall–Kier alpha value is -1.50. The van der Waals surface area contributed by atoms with Gasteiger partial charge in [-0.2, -0.15) is 4.39 Å². The number of nitrogens with zero attached hydrogens (tertiary/aromatic N) is 1. The SMILES string of the molecule is CCOP(=O)(CCCOc1ccc([N+](=O)[O-])c(F)c1)OCC. The highest BCUT2D eigenvalue weighted by molar-refractivity contribution is 7.53. The minimum atomic E-state index is -3.11. The lowest BCUT2D eigenvalue weighted by Gasteiger charge is -2.16. The van der Waals surface area contributed by atoms with Crippen molar-refractivity contribution in [2.75, 3.05) is 26.0 Å². The van der Waals surface area contributed by atoms with Crippen molar-refractivity contribution in [3.8, 4) is 5.75 Å². The van der Waals surface area contributed by atoms with Crippen LogP contribution in [0.5, 0.6) is 5.75 Å². The first kappa shape index (κ1) is 18.5. The summed E-state index contributed by atoms with van der Waals surface area (Å²) in [7, 11) is -3.11. The van der Waals surface area contributed by atoms with Gasteiger partial charge < -0.3 is 13.8 Å². The molecule has 0 aliphatic rings. The summed E-state index contributed by atoms with van der Waals surface area (Å²) in [6.45, 7) is 4.18. The zero-order valence-corrected chi connectivity index (χ0v) is 13.4. The fourth-order valence-electron chi connectivity index (χ4n) is 1.73. The minimum Gasteiger partial charge on any atom is -0.493 e. The fourth-order valence-corrected chi connectivity index (χ4v) is 3.37. The fraction of sp³-hybridized carbons (Fsp3) is 0.538. The average Bonchev–Trinajstić information content (AvgIpc) is 2.44. The van der Waals surface area contributed by atoms with Crippen LogP contribution in [0.25, 0.3) is 0 Å². The summed E-state index contributed by atoms with van der Waals surface area (Å²) < 4.78 is 41.1. The molecule has 0 unspecified atom stereocenters. The first-order chi connectivity index (χ1) is 10.4. The van der Waals surface area contributed by atoms with E-state index < -0.39 is 24.0 Å². The lowest BCUT2D eigenvalue weighted by atomic mass is 10.3. The molecule has 0 bridgehead atoms. The number of hydrogen-bond acceptors (Lipinski definition) is 6. The van der Waals surface area contributed by atoms with Crippen LogP contribution in [0.3, 0.4) is 0 Å². The summed E-state index contributed by atoms with van der Waals surface area (Å²) in [5, 5.41) is 10.5. The number of nitro groups is 1. The molecule has 0 N–H and O–H groups in total. The molecular weight excluding hydrogens is 316 g/mol. The molecule has 7 nitrogen and oxygen atoms in total. The number of nitro benzene ring substituents is 1. The second kappa shape index (κ2) is 8.82. The highest BCUT2D eigenvalue weighted by Crippen LogP contribution is 2.48. The summed E-state index contributed by atoms with van der Waals surface area (Å²) >= 11 is 0. The summed E-state index contributed by atoms with van der Waals surface area (Å²) in [6, 6.07) is 3.30. The van der Waals surface area contributed by atoms with E-state index in [1.165, 1.54) is 6.07 Å². The molecular formula is C13H19FNO6P. The maximum absolute atomic E-state index is 13.4. The molecule has 0 spiro atoms. The van der Waals surface area contributed by atoms with Gasteiger partial charge in [-0.1, -0.05) is 0 Å². The molecule has 0 aliphatic heterocycles. The molecule has 0 amide bonds. The monoisotopic (exact) mass is 335 g/mol. The predicted octanol–water partition coefficient (Wildman–Crippen LogP) is 3.77. The molecule has 0 heterocycles. The summed E-state index contributed by atoms with van der Waals surface area (Å²) in [6.07, 6.45) is 0.569. The Morgan fingerprint density at radius 3 is 2.41 bits per heavy atom. The second-order valence-electron chi connectivity index (χ2n) is 4.24. The van der Waals surface area contributed by atoms with Crippen LogP contribution in [0.4, 0.5) is 10.1 Å². The van der Waals surface area contributed by atoms with Gasteiger partial charge in [-0.3, -0.25) is 14.7 Å². The Labute approximate surface area is 128 Å². The van der Waals surface area contributed by atoms with E-state index in [0.717, 1.165) is 12.1 Å². The molecule has 0 aliphatic carbocycles. The highest BCUT2D eigenvalue weighted by atomic mass is 31.2. The van der Waals surface area contributed by atoms with E-state index in [9.17, 15) is 19.1 Å². The molecule has 1 rings (SSSR count). The number of ether oxygens (including phenoxy) is 1. The van der Waals surface area contributed by atoms with Crippen molar-refractivity contribution in [1.29, 1.82) is 0 Å². The Morgan fingerprint density at radius 1 is 1.27 bits per heavy atom. The predicted molar refractivity (Wildman–Crippen MR) is 78.9 cm³/mol. The van der Waals surface area contributed by atoms with E-state index >= 15 is 0 Å². The smallest absolute Gasteiger partial charge is 0.330 e. The topological polar surface area (TPSA) is 87.9 Å². The first-order valence-corrected chi connectivity index (χ1v) is 8.59. The molecule has 1 aromatic rings. The maximum atomic E-state index is 13.4. The van der Waals surface area contributed by atoms with Crippen LogP contribution in [0.15, 0.2) is 18.2 Å². The standard InChI is InChI=1S/C13H19FNO6P/c1-3-20-22(18,21-4-2)9-5-8-19-11-6-7-13(15(16)17)12(14)10-11/h6-7,10H,3-5,8-9H2,1-2H3. The average molecular weight is 335 g/mol. The van der Waals surface area contributed by atoms with Gasteiger partial charge in [0.15, 0.2) is 0 Å². The van der Waals surface area contributed by atoms with Crippen molar-refractivity contribution in [3.05, 3.63) is 34.1 Å². The third-order valence-electron chi connectivity index (χ3n) is 2.61. The van der Waals surface area contributed by atoms with Gasteiger partial charge in [-0.15, -0.1) is 0 Å². The number of halogens is 1. The van der Waals surface area contributed by atoms with E-state index in [1.807, 2.05) is 0 Å². The zero-order chi connectivity index (χ0) is 16.6. The van der Waals surface area contributed by atoms with Gasteiger partial charge in [-0.25, -0.2) is 0 Å². The Morgan fingerprint density at radius 2 is 1.91 bits per heavy atom. The van der Waals surface area contributed by atoms with Crippen LogP contribution in [-0.2, 0) is 13.6 Å². The maximum Gasteiger partial charge on any atom is 0.330 e. The molecule has 0 saturated carbocycles. The molecule has 0 aromatic heterocycles. The molecule has 22 heavy (non-hydrogen) atoms. The third kappa shape index (κ3) is 5.71. The molecule has 0 saturated heterocycles. The van der Waals surface area contributed by atoms with Crippen LogP contribution in [0, 0.1) is 15.9 Å². The van der Waals surface area contributed by atoms with Crippen molar-refractivity contribution in [2.24, 2.45) is 0 Å². The van der Waals surface area contributed by atoms with E-state index in [4.69, 9.17) is 13.8 Å². The van der Waals surface area contributed by atoms with Gasteiger partial charge in [0, 0.05) is 12.1 Å². The van der Waals surface area contributed by atoms with Crippen molar-refractivity contribution in [3.63, 3.8) is 0 Å². The first-order valence-electron chi connectivity index (χ1n) is 6.86. The summed E-state index contributed by atoms with van der Waals surface area (Å²) in [4.78, 5) is 9.69. The quantitative estimate of drug-likeness (QED) is 0.280. The van der Waals surface area contributed by atoms with Crippen LogP contribution >= 0.6 is 7.60 Å². The molecule has 1 aromatic carbocycles. The van der Waals surface area contributed by atoms with Crippen LogP contribution < -0.4 is 4.74 Å². The summed E-state index contributed by atoms with van der Waals surface area (Å²) in [5.41, 5.74) is -0.607. The van der Waals surface area contributed by atoms with Crippen molar-refractivity contribution < 1.29 is 27.7 Å². The second-order valence-corrected chi connectivity index (χ2v) is 6.43. The molecule has 0 fully saturated rings. The van der Waals surface area contributed by atoms with E-state index in [0.29, 0.717) is 6.42 Å². The largest absolute Gasteiger partial charge is 0.493 e. The van der Waals surface area contributed by atoms with Gasteiger partial charge in [-0.05, 0) is 26.3 Å². The molecule has 0 atom stereocenters. The normalized spacial score (nSPS) is 11.4. The third-order valence-corrected chi connectivity index (χ3v) is 4.78. The lowest BCUT2D eigenvalue weighted by Crippen LogP contribution is -2.05. The van der Waals surface area contributed by atoms with Crippen LogP contribution in [0.2, 0.25) is 0 Å². The Balaban J connectivity index is 2.49. The van der Waals surface area contributed by atoms with Gasteiger partial charge in [0.25, 0.3) is 0 Å². The van der Waals surface area contributed by atoms with Crippen molar-refractivity contribution >= 4 is 13.3 Å². The Bertz CT molecular complexity index is 543. The number of rotatable bonds is 10. The van der Waals surface area contributed by atoms with Crippen molar-refractivity contribution in [2.45, 2.75) is 20.3 Å². The number of hydrogen-bond donors (Lipinski definition) is 0. The van der Waals surface area contributed by atoms with Crippen molar-refractivity contribution in [1.82, 2.24) is 0 Å². The van der Waals surface area contributed by atoms with Crippen LogP contribution in [-0.4, -0.2) is 30.9 Å². The van der Waals surface area contributed by atoms with Gasteiger partial charge in [0.1, 0.15) is 5.75 Å². The van der Waals surface area contributed by atoms with Gasteiger partial charge in [0.05, 0.1) is 30.9 Å². The molecule has 9 heteroatoms. The molecule has 0 radical (unpaired) electrons. The van der Waals surface area contributed by atoms with Crippen LogP contribution in [0.1, 0.15) is 20.3 Å². The molecule has 124 valence electrons. The zero-order valence-electron chi connectivity index (χ0n) is 12.5. The van der Waals surface area contributed by atoms with Gasteiger partial charge in [0.2, 0.25) is 5.82 Å².